The van der Waals surface area contributed by atoms with E-state index in [1.807, 2.05) is 0 Å². The molecule has 1 N–H and O–H groups in total. The molecule has 0 fully saturated rings. The Morgan fingerprint density at radius 2 is 2.10 bits per heavy atom. The van der Waals surface area contributed by atoms with Gasteiger partial charge in [-0.15, -0.1) is 0 Å². The highest BCUT2D eigenvalue weighted by Gasteiger charge is 2.15. The predicted molar refractivity (Wildman–Crippen MR) is 75.2 cm³/mol. The summed E-state index contributed by atoms with van der Waals surface area (Å²) in [5, 5.41) is 7.97. The maximum atomic E-state index is 11.6. The van der Waals surface area contributed by atoms with Crippen molar-refractivity contribution in [1.29, 1.82) is 0 Å². The van der Waals surface area contributed by atoms with Crippen molar-refractivity contribution in [2.75, 3.05) is 6.26 Å². The molecule has 0 unspecified atom stereocenters. The molecule has 2 aromatic heterocycles. The molecule has 8 heteroatoms. The summed E-state index contributed by atoms with van der Waals surface area (Å²) in [6, 6.07) is 4.53. The lowest BCUT2D eigenvalue weighted by molar-refractivity contribution is 0.602. The molecular formula is C12H9ClN4O2S. The van der Waals surface area contributed by atoms with Crippen LogP contribution in [0.5, 0.6) is 0 Å². The van der Waals surface area contributed by atoms with Gasteiger partial charge in [-0.2, -0.15) is 5.10 Å². The highest BCUT2D eigenvalue weighted by molar-refractivity contribution is 7.90. The molecular weight excluding hydrogens is 300 g/mol. The summed E-state index contributed by atoms with van der Waals surface area (Å²) in [5.41, 5.74) is 1.64. The number of aromatic nitrogens is 4. The number of benzene rings is 1. The Balaban J connectivity index is 2.29. The molecule has 0 bridgehead atoms. The minimum absolute atomic E-state index is 0.191. The molecule has 0 radical (unpaired) electrons. The minimum Gasteiger partial charge on any atom is -0.275 e. The first-order valence-corrected chi connectivity index (χ1v) is 7.88. The summed E-state index contributed by atoms with van der Waals surface area (Å²) < 4.78 is 23.3. The van der Waals surface area contributed by atoms with Crippen molar-refractivity contribution in [3.63, 3.8) is 0 Å². The quantitative estimate of drug-likeness (QED) is 0.783. The third-order valence-corrected chi connectivity index (χ3v) is 4.31. The van der Waals surface area contributed by atoms with Crippen molar-refractivity contribution >= 4 is 32.5 Å². The van der Waals surface area contributed by atoms with Gasteiger partial charge in [0.15, 0.2) is 15.5 Å². The van der Waals surface area contributed by atoms with Crippen LogP contribution in [-0.4, -0.2) is 34.8 Å². The third-order valence-electron chi connectivity index (χ3n) is 2.87. The average Bonchev–Trinajstić information content (AvgIpc) is 2.82. The first-order chi connectivity index (χ1) is 9.47. The van der Waals surface area contributed by atoms with Crippen molar-refractivity contribution in [2.45, 2.75) is 4.90 Å². The lowest BCUT2D eigenvalue weighted by atomic mass is 10.1. The summed E-state index contributed by atoms with van der Waals surface area (Å²) in [7, 11) is -3.31. The smallest absolute Gasteiger partial charge is 0.184 e. The first-order valence-electron chi connectivity index (χ1n) is 5.61. The number of sulfone groups is 1. The van der Waals surface area contributed by atoms with Crippen LogP contribution >= 0.6 is 11.6 Å². The molecule has 0 spiro atoms. The van der Waals surface area contributed by atoms with E-state index in [-0.39, 0.29) is 4.90 Å². The fraction of sp³-hybridized carbons (Fsp3) is 0.0833. The Bertz CT molecular complexity index is 905. The van der Waals surface area contributed by atoms with Crippen LogP contribution in [0.3, 0.4) is 0 Å². The second-order valence-electron chi connectivity index (χ2n) is 4.27. The number of halogens is 1. The topological polar surface area (TPSA) is 88.6 Å². The molecule has 1 aromatic carbocycles. The average molecular weight is 309 g/mol. The highest BCUT2D eigenvalue weighted by Crippen LogP contribution is 2.32. The monoisotopic (exact) mass is 308 g/mol. The van der Waals surface area contributed by atoms with Crippen LogP contribution in [-0.2, 0) is 9.84 Å². The van der Waals surface area contributed by atoms with Gasteiger partial charge < -0.3 is 0 Å². The van der Waals surface area contributed by atoms with Crippen LogP contribution in [0.15, 0.2) is 35.6 Å². The van der Waals surface area contributed by atoms with Crippen LogP contribution in [0.25, 0.3) is 22.3 Å². The Morgan fingerprint density at radius 1 is 1.30 bits per heavy atom. The number of rotatable bonds is 2. The zero-order valence-electron chi connectivity index (χ0n) is 10.3. The van der Waals surface area contributed by atoms with Crippen LogP contribution in [0.4, 0.5) is 0 Å². The molecule has 0 saturated heterocycles. The lowest BCUT2D eigenvalue weighted by Crippen LogP contribution is -1.97. The summed E-state index contributed by atoms with van der Waals surface area (Å²) in [4.78, 5) is 8.14. The number of aromatic amines is 1. The van der Waals surface area contributed by atoms with Gasteiger partial charge in [-0.1, -0.05) is 11.6 Å². The Morgan fingerprint density at radius 3 is 2.85 bits per heavy atom. The molecule has 0 aliphatic carbocycles. The number of hydrogen-bond donors (Lipinski definition) is 1. The van der Waals surface area contributed by atoms with E-state index in [1.54, 1.807) is 12.3 Å². The van der Waals surface area contributed by atoms with E-state index >= 15 is 0 Å². The van der Waals surface area contributed by atoms with Crippen molar-refractivity contribution in [1.82, 2.24) is 20.2 Å². The number of nitrogens with one attached hydrogen (secondary N) is 1. The second kappa shape index (κ2) is 4.53. The van der Waals surface area contributed by atoms with E-state index in [0.717, 1.165) is 6.26 Å². The fourth-order valence-electron chi connectivity index (χ4n) is 1.89. The number of H-pyrrole nitrogens is 1. The summed E-state index contributed by atoms with van der Waals surface area (Å²) in [6.45, 7) is 0. The summed E-state index contributed by atoms with van der Waals surface area (Å²) in [5.74, 6) is 0. The van der Waals surface area contributed by atoms with Gasteiger partial charge in [-0.25, -0.2) is 18.4 Å². The molecule has 20 heavy (non-hydrogen) atoms. The highest BCUT2D eigenvalue weighted by atomic mass is 35.5. The molecule has 0 atom stereocenters. The molecule has 6 nitrogen and oxygen atoms in total. The third kappa shape index (κ3) is 2.14. The largest absolute Gasteiger partial charge is 0.275 e. The SMILES string of the molecule is CS(=O)(=O)c1ccc(Cl)c(-c2[nH]nc3ncncc23)c1. The maximum Gasteiger partial charge on any atom is 0.184 e. The van der Waals surface area contributed by atoms with E-state index in [1.165, 1.54) is 18.5 Å². The van der Waals surface area contributed by atoms with E-state index in [4.69, 9.17) is 11.6 Å². The van der Waals surface area contributed by atoms with Gasteiger partial charge >= 0.3 is 0 Å². The fourth-order valence-corrected chi connectivity index (χ4v) is 2.75. The van der Waals surface area contributed by atoms with Gasteiger partial charge in [0.2, 0.25) is 0 Å². The first kappa shape index (κ1) is 13.0. The van der Waals surface area contributed by atoms with Gasteiger partial charge in [0.1, 0.15) is 6.33 Å². The van der Waals surface area contributed by atoms with Gasteiger partial charge in [0.05, 0.1) is 21.0 Å². The van der Waals surface area contributed by atoms with E-state index in [0.29, 0.717) is 27.3 Å². The Hall–Kier alpha value is -1.99. The van der Waals surface area contributed by atoms with Gasteiger partial charge in [-0.3, -0.25) is 5.10 Å². The standard InChI is InChI=1S/C12H9ClN4O2S/c1-20(18,19)7-2-3-10(13)8(4-7)11-9-5-14-6-15-12(9)17-16-11/h2-6H,1H3,(H,14,15,16,17). The molecule has 0 aliphatic heterocycles. The number of hydrogen-bond acceptors (Lipinski definition) is 5. The second-order valence-corrected chi connectivity index (χ2v) is 6.70. The van der Waals surface area contributed by atoms with Crippen LogP contribution in [0.1, 0.15) is 0 Å². The molecule has 0 amide bonds. The van der Waals surface area contributed by atoms with E-state index in [9.17, 15) is 8.42 Å². The number of fused-ring (bicyclic) bond motifs is 1. The van der Waals surface area contributed by atoms with Crippen molar-refractivity contribution in [2.24, 2.45) is 0 Å². The molecule has 0 saturated carbocycles. The number of nitrogens with zero attached hydrogens (tertiary/aromatic N) is 3. The van der Waals surface area contributed by atoms with Crippen molar-refractivity contribution in [3.05, 3.63) is 35.7 Å². The summed E-state index contributed by atoms with van der Waals surface area (Å²) in [6.07, 6.45) is 4.14. The minimum atomic E-state index is -3.31. The van der Waals surface area contributed by atoms with Gasteiger partial charge in [-0.05, 0) is 18.2 Å². The Kier molecular flexibility index (Phi) is 2.95. The molecule has 3 aromatic rings. The van der Waals surface area contributed by atoms with Crippen LogP contribution in [0, 0.1) is 0 Å². The molecule has 3 rings (SSSR count). The summed E-state index contributed by atoms with van der Waals surface area (Å²) >= 11 is 6.15. The van der Waals surface area contributed by atoms with Crippen molar-refractivity contribution in [3.8, 4) is 11.3 Å². The lowest BCUT2D eigenvalue weighted by Gasteiger charge is -2.05. The molecule has 2 heterocycles. The Labute approximate surface area is 119 Å². The van der Waals surface area contributed by atoms with Crippen LogP contribution in [0.2, 0.25) is 5.02 Å². The normalized spacial score (nSPS) is 11.9. The maximum absolute atomic E-state index is 11.6. The predicted octanol–water partition coefficient (Wildman–Crippen LogP) is 2.08. The zero-order chi connectivity index (χ0) is 14.3. The van der Waals surface area contributed by atoms with Gasteiger partial charge in [0, 0.05) is 18.0 Å². The van der Waals surface area contributed by atoms with Gasteiger partial charge in [0.25, 0.3) is 0 Å². The van der Waals surface area contributed by atoms with Crippen LogP contribution < -0.4 is 0 Å². The van der Waals surface area contributed by atoms with Crippen molar-refractivity contribution < 1.29 is 8.42 Å². The van der Waals surface area contributed by atoms with E-state index in [2.05, 4.69) is 20.2 Å². The molecule has 102 valence electrons. The zero-order valence-corrected chi connectivity index (χ0v) is 11.9. The molecule has 0 aliphatic rings. The van der Waals surface area contributed by atoms with E-state index < -0.39 is 9.84 Å².